The first-order valence-corrected chi connectivity index (χ1v) is 18.0. The third kappa shape index (κ3) is 5.34. The van der Waals surface area contributed by atoms with Gasteiger partial charge in [-0.3, -0.25) is 0 Å². The second kappa shape index (κ2) is 12.5. The van der Waals surface area contributed by atoms with Crippen molar-refractivity contribution in [3.63, 3.8) is 0 Å². The van der Waals surface area contributed by atoms with Crippen LogP contribution in [0.4, 0.5) is 0 Å². The Kier molecular flexibility index (Phi) is 7.25. The van der Waals surface area contributed by atoms with Crippen LogP contribution in [0, 0.1) is 0 Å². The van der Waals surface area contributed by atoms with Crippen LogP contribution in [0.3, 0.4) is 0 Å². The van der Waals surface area contributed by atoms with E-state index in [0.717, 1.165) is 81.7 Å². The van der Waals surface area contributed by atoms with Gasteiger partial charge in [0.25, 0.3) is 0 Å². The monoisotopic (exact) mass is 684 g/mol. The Balaban J connectivity index is 1.19. The van der Waals surface area contributed by atoms with Crippen molar-refractivity contribution < 1.29 is 4.42 Å². The molecule has 0 fully saturated rings. The van der Waals surface area contributed by atoms with Gasteiger partial charge in [0.05, 0.1) is 21.3 Å². The van der Waals surface area contributed by atoms with E-state index in [-0.39, 0.29) is 0 Å². The van der Waals surface area contributed by atoms with Gasteiger partial charge in [-0.1, -0.05) is 127 Å². The number of rotatable bonds is 6. The summed E-state index contributed by atoms with van der Waals surface area (Å²) in [7, 11) is 0. The molecule has 10 rings (SSSR count). The molecule has 0 radical (unpaired) electrons. The van der Waals surface area contributed by atoms with E-state index in [1.807, 2.05) is 72.8 Å². The number of fused-ring (bicyclic) bond motifs is 4. The quantitative estimate of drug-likeness (QED) is 0.174. The summed E-state index contributed by atoms with van der Waals surface area (Å²) in [5, 5.41) is 2.94. The van der Waals surface area contributed by atoms with Crippen LogP contribution in [0.15, 0.2) is 174 Å². The average molecular weight is 685 g/mol. The molecule has 244 valence electrons. The summed E-state index contributed by atoms with van der Waals surface area (Å²) < 4.78 is 7.97. The standard InChI is InChI=1S/C46H28N4OS/c1-4-14-29(15-5-1)32-26-33(30-16-6-2-7-17-30)28-34(27-32)44-48-43(31-18-8-3-9-19-31)49-45(50-44)37-22-12-20-35-36-21-13-23-38(42(36)51-41(35)37)46-47-39-24-10-11-25-40(39)52-46/h1-28H. The smallest absolute Gasteiger partial charge is 0.167 e. The minimum Gasteiger partial charge on any atom is -0.455 e. The molecule has 7 aromatic carbocycles. The van der Waals surface area contributed by atoms with Crippen LogP contribution in [0.5, 0.6) is 0 Å². The maximum Gasteiger partial charge on any atom is 0.167 e. The molecule has 0 amide bonds. The molecule has 6 heteroatoms. The third-order valence-electron chi connectivity index (χ3n) is 9.36. The van der Waals surface area contributed by atoms with Crippen LogP contribution in [-0.4, -0.2) is 19.9 Å². The van der Waals surface area contributed by atoms with Gasteiger partial charge >= 0.3 is 0 Å². The number of aromatic nitrogens is 4. The second-order valence-corrected chi connectivity index (χ2v) is 13.7. The van der Waals surface area contributed by atoms with Gasteiger partial charge < -0.3 is 4.42 Å². The molecule has 0 unspecified atom stereocenters. The van der Waals surface area contributed by atoms with E-state index in [2.05, 4.69) is 97.1 Å². The molecule has 52 heavy (non-hydrogen) atoms. The highest BCUT2D eigenvalue weighted by atomic mass is 32.1. The zero-order valence-corrected chi connectivity index (χ0v) is 28.6. The van der Waals surface area contributed by atoms with Gasteiger partial charge in [-0.25, -0.2) is 19.9 Å². The van der Waals surface area contributed by atoms with Crippen LogP contribution in [0.25, 0.3) is 99.1 Å². The first-order valence-electron chi connectivity index (χ1n) is 17.1. The lowest BCUT2D eigenvalue weighted by Gasteiger charge is -2.12. The molecular formula is C46H28N4OS. The van der Waals surface area contributed by atoms with Gasteiger partial charge in [0, 0.05) is 21.9 Å². The van der Waals surface area contributed by atoms with Crippen LogP contribution in [0.1, 0.15) is 0 Å². The third-order valence-corrected chi connectivity index (χ3v) is 10.4. The number of nitrogens with zero attached hydrogens (tertiary/aromatic N) is 4. The van der Waals surface area contributed by atoms with Crippen molar-refractivity contribution in [2.75, 3.05) is 0 Å². The minimum atomic E-state index is 0.543. The lowest BCUT2D eigenvalue weighted by Crippen LogP contribution is -2.00. The highest BCUT2D eigenvalue weighted by Crippen LogP contribution is 2.42. The number of benzene rings is 7. The Morgan fingerprint density at radius 1 is 0.365 bits per heavy atom. The molecule has 0 saturated carbocycles. The molecule has 0 bridgehead atoms. The summed E-state index contributed by atoms with van der Waals surface area (Å²) in [5.41, 5.74) is 10.5. The van der Waals surface area contributed by atoms with Crippen LogP contribution in [0.2, 0.25) is 0 Å². The highest BCUT2D eigenvalue weighted by Gasteiger charge is 2.21. The number of thiazole rings is 1. The zero-order valence-electron chi connectivity index (χ0n) is 27.8. The molecular weight excluding hydrogens is 657 g/mol. The molecule has 3 heterocycles. The summed E-state index contributed by atoms with van der Waals surface area (Å²) in [6.07, 6.45) is 0. The van der Waals surface area contributed by atoms with E-state index in [4.69, 9.17) is 24.4 Å². The van der Waals surface area contributed by atoms with Crippen molar-refractivity contribution in [2.45, 2.75) is 0 Å². The summed E-state index contributed by atoms with van der Waals surface area (Å²) in [6, 6.07) is 58.2. The summed E-state index contributed by atoms with van der Waals surface area (Å²) in [6.45, 7) is 0. The molecule has 0 aliphatic rings. The molecule has 0 aliphatic carbocycles. The molecule has 0 aliphatic heterocycles. The Morgan fingerprint density at radius 3 is 1.50 bits per heavy atom. The van der Waals surface area contributed by atoms with Gasteiger partial charge in [-0.2, -0.15) is 0 Å². The van der Waals surface area contributed by atoms with Gasteiger partial charge in [0.2, 0.25) is 0 Å². The van der Waals surface area contributed by atoms with Gasteiger partial charge in [-0.15, -0.1) is 11.3 Å². The molecule has 0 atom stereocenters. The highest BCUT2D eigenvalue weighted by molar-refractivity contribution is 7.21. The van der Waals surface area contributed by atoms with Crippen LogP contribution in [-0.2, 0) is 0 Å². The van der Waals surface area contributed by atoms with Crippen molar-refractivity contribution in [3.8, 4) is 67.0 Å². The van der Waals surface area contributed by atoms with Crippen molar-refractivity contribution >= 4 is 43.5 Å². The average Bonchev–Trinajstić information content (AvgIpc) is 3.84. The first kappa shape index (κ1) is 30.1. The van der Waals surface area contributed by atoms with E-state index in [9.17, 15) is 0 Å². The molecule has 5 nitrogen and oxygen atoms in total. The predicted molar refractivity (Wildman–Crippen MR) is 213 cm³/mol. The van der Waals surface area contributed by atoms with Crippen LogP contribution < -0.4 is 0 Å². The van der Waals surface area contributed by atoms with Gasteiger partial charge in [-0.05, 0) is 64.7 Å². The maximum atomic E-state index is 6.83. The van der Waals surface area contributed by atoms with Crippen molar-refractivity contribution in [1.82, 2.24) is 19.9 Å². The van der Waals surface area contributed by atoms with Crippen molar-refractivity contribution in [2.24, 2.45) is 0 Å². The number of furan rings is 1. The summed E-state index contributed by atoms with van der Waals surface area (Å²) >= 11 is 1.67. The minimum absolute atomic E-state index is 0.543. The molecule has 0 spiro atoms. The van der Waals surface area contributed by atoms with E-state index >= 15 is 0 Å². The molecule has 0 saturated heterocycles. The van der Waals surface area contributed by atoms with Crippen molar-refractivity contribution in [1.29, 1.82) is 0 Å². The maximum absolute atomic E-state index is 6.83. The zero-order chi connectivity index (χ0) is 34.4. The fourth-order valence-corrected chi connectivity index (χ4v) is 7.83. The summed E-state index contributed by atoms with van der Waals surface area (Å²) in [5.74, 6) is 1.72. The Bertz CT molecular complexity index is 2810. The Hall–Kier alpha value is -6.76. The van der Waals surface area contributed by atoms with E-state index in [1.165, 1.54) is 0 Å². The van der Waals surface area contributed by atoms with Crippen LogP contribution >= 0.6 is 11.3 Å². The molecule has 10 aromatic rings. The molecule has 0 N–H and O–H groups in total. The Labute approximate surface area is 303 Å². The second-order valence-electron chi connectivity index (χ2n) is 12.7. The van der Waals surface area contributed by atoms with E-state index in [0.29, 0.717) is 17.5 Å². The predicted octanol–water partition coefficient (Wildman–Crippen LogP) is 12.4. The topological polar surface area (TPSA) is 64.7 Å². The van der Waals surface area contributed by atoms with Crippen molar-refractivity contribution in [3.05, 3.63) is 170 Å². The lowest BCUT2D eigenvalue weighted by molar-refractivity contribution is 0.670. The van der Waals surface area contributed by atoms with Gasteiger partial charge in [0.1, 0.15) is 16.2 Å². The fraction of sp³-hybridized carbons (Fsp3) is 0. The Morgan fingerprint density at radius 2 is 0.865 bits per heavy atom. The fourth-order valence-electron chi connectivity index (χ4n) is 6.85. The lowest BCUT2D eigenvalue weighted by atomic mass is 9.96. The van der Waals surface area contributed by atoms with E-state index < -0.39 is 0 Å². The molecule has 3 aromatic heterocycles. The number of hydrogen-bond acceptors (Lipinski definition) is 6. The largest absolute Gasteiger partial charge is 0.455 e. The normalized spacial score (nSPS) is 11.5. The SMILES string of the molecule is c1ccc(-c2cc(-c3ccccc3)cc(-c3nc(-c4ccccc4)nc(-c4cccc5c4oc4c(-c6nc7ccccc7s6)cccc45)n3)c2)cc1. The van der Waals surface area contributed by atoms with E-state index in [1.54, 1.807) is 11.3 Å². The summed E-state index contributed by atoms with van der Waals surface area (Å²) in [4.78, 5) is 20.4. The number of hydrogen-bond donors (Lipinski definition) is 0. The van der Waals surface area contributed by atoms with Gasteiger partial charge in [0.15, 0.2) is 17.5 Å². The number of para-hydroxylation sites is 3. The first-order chi connectivity index (χ1) is 25.7.